The number of aliphatic imine (C=N–C) groups is 1. The molecule has 0 amide bonds. The SMILES string of the molecule is CCNC(=NCCCOCCOC)NCCc1ccn(-c2ccc(F)cc2)n1.I. The van der Waals surface area contributed by atoms with E-state index in [2.05, 4.69) is 20.7 Å². The van der Waals surface area contributed by atoms with Crippen molar-refractivity contribution in [1.82, 2.24) is 20.4 Å². The van der Waals surface area contributed by atoms with Crippen LogP contribution in [0, 0.1) is 5.82 Å². The highest BCUT2D eigenvalue weighted by Gasteiger charge is 2.03. The molecule has 2 aromatic rings. The summed E-state index contributed by atoms with van der Waals surface area (Å²) in [5, 5.41) is 11.1. The minimum atomic E-state index is -0.253. The second-order valence-corrected chi connectivity index (χ2v) is 6.12. The van der Waals surface area contributed by atoms with Gasteiger partial charge in [0.05, 0.1) is 24.6 Å². The molecule has 0 aliphatic carbocycles. The molecule has 7 nitrogen and oxygen atoms in total. The van der Waals surface area contributed by atoms with E-state index < -0.39 is 0 Å². The molecule has 9 heteroatoms. The lowest BCUT2D eigenvalue weighted by Gasteiger charge is -2.10. The second-order valence-electron chi connectivity index (χ2n) is 6.12. The van der Waals surface area contributed by atoms with Crippen LogP contribution >= 0.6 is 24.0 Å². The van der Waals surface area contributed by atoms with Gasteiger partial charge in [-0.1, -0.05) is 0 Å². The summed E-state index contributed by atoms with van der Waals surface area (Å²) in [6.07, 6.45) is 3.51. The molecule has 1 aromatic heterocycles. The third-order valence-electron chi connectivity index (χ3n) is 3.90. The summed E-state index contributed by atoms with van der Waals surface area (Å²) in [4.78, 5) is 4.55. The van der Waals surface area contributed by atoms with Crippen LogP contribution in [0.2, 0.25) is 0 Å². The Bertz CT molecular complexity index is 709. The lowest BCUT2D eigenvalue weighted by atomic mass is 10.3. The van der Waals surface area contributed by atoms with Gasteiger partial charge in [-0.3, -0.25) is 4.99 Å². The van der Waals surface area contributed by atoms with E-state index in [1.165, 1.54) is 12.1 Å². The van der Waals surface area contributed by atoms with Crippen molar-refractivity contribution in [3.8, 4) is 5.69 Å². The number of hydrogen-bond acceptors (Lipinski definition) is 4. The maximum Gasteiger partial charge on any atom is 0.191 e. The number of rotatable bonds is 12. The molecular formula is C20H31FIN5O2. The Morgan fingerprint density at radius 1 is 1.14 bits per heavy atom. The summed E-state index contributed by atoms with van der Waals surface area (Å²) in [6.45, 7) is 6.16. The average Bonchev–Trinajstić information content (AvgIpc) is 3.16. The van der Waals surface area contributed by atoms with Crippen molar-refractivity contribution in [1.29, 1.82) is 0 Å². The minimum Gasteiger partial charge on any atom is -0.382 e. The molecule has 0 saturated carbocycles. The number of nitrogens with zero attached hydrogens (tertiary/aromatic N) is 3. The van der Waals surface area contributed by atoms with E-state index in [-0.39, 0.29) is 29.8 Å². The maximum absolute atomic E-state index is 13.0. The molecule has 0 bridgehead atoms. The predicted molar refractivity (Wildman–Crippen MR) is 124 cm³/mol. The van der Waals surface area contributed by atoms with E-state index in [0.717, 1.165) is 43.3 Å². The van der Waals surface area contributed by atoms with Gasteiger partial charge in [0.2, 0.25) is 0 Å². The van der Waals surface area contributed by atoms with Gasteiger partial charge >= 0.3 is 0 Å². The molecule has 0 aliphatic rings. The fourth-order valence-electron chi connectivity index (χ4n) is 2.49. The number of hydrogen-bond donors (Lipinski definition) is 2. The molecule has 0 aliphatic heterocycles. The molecule has 1 heterocycles. The molecule has 1 aromatic carbocycles. The molecule has 0 fully saturated rings. The fraction of sp³-hybridized carbons (Fsp3) is 0.500. The highest BCUT2D eigenvalue weighted by molar-refractivity contribution is 14.0. The van der Waals surface area contributed by atoms with Crippen LogP contribution in [-0.4, -0.2) is 62.3 Å². The molecule has 2 N–H and O–H groups in total. The molecule has 0 saturated heterocycles. The third kappa shape index (κ3) is 10.0. The van der Waals surface area contributed by atoms with Gasteiger partial charge in [0, 0.05) is 46.0 Å². The standard InChI is InChI=1S/C20H30FN5O2.HI/c1-3-22-20(23-11-4-14-28-16-15-27-2)24-12-9-18-10-13-26(25-18)19-7-5-17(21)6-8-19;/h5-8,10,13H,3-4,9,11-12,14-16H2,1-2H3,(H2,22,23,24);1H. The van der Waals surface area contributed by atoms with Gasteiger partial charge in [-0.15, -0.1) is 24.0 Å². The second kappa shape index (κ2) is 15.2. The summed E-state index contributed by atoms with van der Waals surface area (Å²) in [7, 11) is 1.66. The minimum absolute atomic E-state index is 0. The van der Waals surface area contributed by atoms with Crippen molar-refractivity contribution in [2.45, 2.75) is 19.8 Å². The first-order valence-corrected chi connectivity index (χ1v) is 9.62. The van der Waals surface area contributed by atoms with Crippen LogP contribution in [0.3, 0.4) is 0 Å². The first-order chi connectivity index (χ1) is 13.7. The Balaban J connectivity index is 0.00000420. The molecule has 162 valence electrons. The van der Waals surface area contributed by atoms with Crippen molar-refractivity contribution < 1.29 is 13.9 Å². The summed E-state index contributed by atoms with van der Waals surface area (Å²) in [5.41, 5.74) is 1.79. The first-order valence-electron chi connectivity index (χ1n) is 9.62. The van der Waals surface area contributed by atoms with Gasteiger partial charge < -0.3 is 20.1 Å². The van der Waals surface area contributed by atoms with Crippen LogP contribution in [0.15, 0.2) is 41.5 Å². The van der Waals surface area contributed by atoms with Gasteiger partial charge in [-0.2, -0.15) is 5.10 Å². The molecule has 0 radical (unpaired) electrons. The average molecular weight is 519 g/mol. The van der Waals surface area contributed by atoms with Crippen molar-refractivity contribution in [2.24, 2.45) is 4.99 Å². The van der Waals surface area contributed by atoms with Gasteiger partial charge in [0.1, 0.15) is 5.82 Å². The summed E-state index contributed by atoms with van der Waals surface area (Å²) in [6, 6.07) is 8.24. The summed E-state index contributed by atoms with van der Waals surface area (Å²) in [5.74, 6) is 0.537. The zero-order chi connectivity index (χ0) is 20.0. The molecule has 29 heavy (non-hydrogen) atoms. The van der Waals surface area contributed by atoms with Crippen LogP contribution in [0.1, 0.15) is 19.0 Å². The van der Waals surface area contributed by atoms with E-state index in [4.69, 9.17) is 9.47 Å². The molecule has 0 unspecified atom stereocenters. The monoisotopic (exact) mass is 519 g/mol. The lowest BCUT2D eigenvalue weighted by Crippen LogP contribution is -2.38. The number of ether oxygens (including phenoxy) is 2. The highest BCUT2D eigenvalue weighted by atomic mass is 127. The fourth-order valence-corrected chi connectivity index (χ4v) is 2.49. The first kappa shape index (κ1) is 25.3. The lowest BCUT2D eigenvalue weighted by molar-refractivity contribution is 0.0702. The zero-order valence-electron chi connectivity index (χ0n) is 17.1. The van der Waals surface area contributed by atoms with Crippen molar-refractivity contribution in [3.63, 3.8) is 0 Å². The number of benzene rings is 1. The molecule has 0 spiro atoms. The largest absolute Gasteiger partial charge is 0.382 e. The smallest absolute Gasteiger partial charge is 0.191 e. The van der Waals surface area contributed by atoms with Gasteiger partial charge in [0.15, 0.2) is 5.96 Å². The Hall–Kier alpha value is -1.72. The van der Waals surface area contributed by atoms with Crippen molar-refractivity contribution in [3.05, 3.63) is 48.0 Å². The summed E-state index contributed by atoms with van der Waals surface area (Å²) < 4.78 is 25.1. The van der Waals surface area contributed by atoms with Crippen LogP contribution in [0.5, 0.6) is 0 Å². The number of guanidine groups is 1. The number of methoxy groups -OCH3 is 1. The van der Waals surface area contributed by atoms with E-state index in [0.29, 0.717) is 26.4 Å². The summed E-state index contributed by atoms with van der Waals surface area (Å²) >= 11 is 0. The Morgan fingerprint density at radius 3 is 2.66 bits per heavy atom. The van der Waals surface area contributed by atoms with Gasteiger partial charge in [-0.05, 0) is 43.7 Å². The number of aromatic nitrogens is 2. The van der Waals surface area contributed by atoms with E-state index >= 15 is 0 Å². The zero-order valence-corrected chi connectivity index (χ0v) is 19.4. The number of nitrogens with one attached hydrogen (secondary N) is 2. The van der Waals surface area contributed by atoms with Crippen molar-refractivity contribution in [2.75, 3.05) is 46.6 Å². The van der Waals surface area contributed by atoms with Crippen molar-refractivity contribution >= 4 is 29.9 Å². The highest BCUT2D eigenvalue weighted by Crippen LogP contribution is 2.09. The van der Waals surface area contributed by atoms with E-state index in [9.17, 15) is 4.39 Å². The Morgan fingerprint density at radius 2 is 1.93 bits per heavy atom. The third-order valence-corrected chi connectivity index (χ3v) is 3.90. The Labute approximate surface area is 189 Å². The normalized spacial score (nSPS) is 11.2. The van der Waals surface area contributed by atoms with Gasteiger partial charge in [-0.25, -0.2) is 9.07 Å². The van der Waals surface area contributed by atoms with E-state index in [1.807, 2.05) is 19.2 Å². The maximum atomic E-state index is 13.0. The van der Waals surface area contributed by atoms with Gasteiger partial charge in [0.25, 0.3) is 0 Å². The van der Waals surface area contributed by atoms with Crippen LogP contribution in [0.4, 0.5) is 4.39 Å². The Kier molecular flexibility index (Phi) is 13.2. The molecule has 2 rings (SSSR count). The predicted octanol–water partition coefficient (Wildman–Crippen LogP) is 2.78. The molecular weight excluding hydrogens is 488 g/mol. The number of halogens is 2. The van der Waals surface area contributed by atoms with Crippen LogP contribution in [-0.2, 0) is 15.9 Å². The van der Waals surface area contributed by atoms with Crippen LogP contribution < -0.4 is 10.6 Å². The van der Waals surface area contributed by atoms with Crippen LogP contribution in [0.25, 0.3) is 5.69 Å². The van der Waals surface area contributed by atoms with E-state index in [1.54, 1.807) is 23.9 Å². The molecule has 0 atom stereocenters. The topological polar surface area (TPSA) is 72.7 Å². The quantitative estimate of drug-likeness (QED) is 0.195.